The van der Waals surface area contributed by atoms with Gasteiger partial charge in [-0.05, 0) is 59.1 Å². The highest BCUT2D eigenvalue weighted by molar-refractivity contribution is 9.09. The van der Waals surface area contributed by atoms with E-state index in [0.717, 1.165) is 24.3 Å². The van der Waals surface area contributed by atoms with Crippen LogP contribution in [0.4, 0.5) is 22.0 Å². The zero-order valence-electron chi connectivity index (χ0n) is 15.2. The molecule has 1 atom stereocenters. The molecule has 4 rings (SSSR count). The lowest BCUT2D eigenvalue weighted by Gasteiger charge is -2.16. The Labute approximate surface area is 175 Å². The molecule has 0 bridgehead atoms. The van der Waals surface area contributed by atoms with Crippen molar-refractivity contribution < 1.29 is 31.5 Å². The number of nitrogens with zero attached hydrogens (tertiary/aromatic N) is 2. The third kappa shape index (κ3) is 3.80. The van der Waals surface area contributed by atoms with Gasteiger partial charge < -0.3 is 9.30 Å². The van der Waals surface area contributed by atoms with Crippen molar-refractivity contribution in [2.45, 2.75) is 30.8 Å². The summed E-state index contributed by atoms with van der Waals surface area (Å²) in [5, 5.41) is -1.32. The third-order valence-electron chi connectivity index (χ3n) is 5.17. The standard InChI is InChI=1S/C20H14BrF5N2O2/c21-17(12-7-11(22)1-2-13(12)23)30-18(29)10-5-14(24)16-15(6-10)28(9-27-16)8-20(3-4-20)19(25)26/h1-2,5-7,9,17,19H,3-4,8H2. The van der Waals surface area contributed by atoms with Gasteiger partial charge in [-0.2, -0.15) is 0 Å². The van der Waals surface area contributed by atoms with E-state index in [4.69, 9.17) is 4.74 Å². The average Bonchev–Trinajstić information content (AvgIpc) is 3.37. The van der Waals surface area contributed by atoms with Gasteiger partial charge in [0, 0.05) is 17.5 Å². The molecule has 0 radical (unpaired) electrons. The van der Waals surface area contributed by atoms with E-state index in [1.54, 1.807) is 0 Å². The Kier molecular flexibility index (Phi) is 5.29. The van der Waals surface area contributed by atoms with Crippen LogP contribution in [0, 0.1) is 22.9 Å². The number of benzene rings is 2. The van der Waals surface area contributed by atoms with Crippen LogP contribution in [-0.2, 0) is 11.3 Å². The Morgan fingerprint density at radius 3 is 2.57 bits per heavy atom. The summed E-state index contributed by atoms with van der Waals surface area (Å²) >= 11 is 2.96. The van der Waals surface area contributed by atoms with Gasteiger partial charge in [-0.3, -0.25) is 0 Å². The van der Waals surface area contributed by atoms with Crippen molar-refractivity contribution in [3.63, 3.8) is 0 Å². The Morgan fingerprint density at radius 1 is 1.17 bits per heavy atom. The van der Waals surface area contributed by atoms with E-state index in [2.05, 4.69) is 20.9 Å². The molecule has 1 aromatic heterocycles. The zero-order chi connectivity index (χ0) is 21.6. The Morgan fingerprint density at radius 2 is 1.90 bits per heavy atom. The number of hydrogen-bond donors (Lipinski definition) is 0. The first-order chi connectivity index (χ1) is 14.2. The van der Waals surface area contributed by atoms with Crippen LogP contribution in [0.5, 0.6) is 0 Å². The Balaban J connectivity index is 1.61. The van der Waals surface area contributed by atoms with Crippen LogP contribution in [0.1, 0.15) is 33.8 Å². The first kappa shape index (κ1) is 20.8. The van der Waals surface area contributed by atoms with E-state index >= 15 is 0 Å². The fraction of sp³-hybridized carbons (Fsp3) is 0.300. The molecular weight excluding hydrogens is 475 g/mol. The molecule has 30 heavy (non-hydrogen) atoms. The summed E-state index contributed by atoms with van der Waals surface area (Å²) < 4.78 is 74.7. The van der Waals surface area contributed by atoms with E-state index in [1.807, 2.05) is 0 Å². The number of rotatable bonds is 6. The number of ether oxygens (including phenoxy) is 1. The molecule has 1 aliphatic carbocycles. The third-order valence-corrected chi connectivity index (χ3v) is 5.85. The predicted molar refractivity (Wildman–Crippen MR) is 101 cm³/mol. The topological polar surface area (TPSA) is 44.1 Å². The molecule has 1 heterocycles. The molecule has 1 aliphatic rings. The fourth-order valence-electron chi connectivity index (χ4n) is 3.22. The smallest absolute Gasteiger partial charge is 0.339 e. The highest BCUT2D eigenvalue weighted by Gasteiger charge is 2.51. The summed E-state index contributed by atoms with van der Waals surface area (Å²) in [6.45, 7) is -0.0608. The first-order valence-electron chi connectivity index (χ1n) is 8.93. The summed E-state index contributed by atoms with van der Waals surface area (Å²) in [5.74, 6) is -3.36. The van der Waals surface area contributed by atoms with Crippen molar-refractivity contribution in [2.75, 3.05) is 0 Å². The predicted octanol–water partition coefficient (Wildman–Crippen LogP) is 5.75. The molecule has 0 N–H and O–H groups in total. The van der Waals surface area contributed by atoms with E-state index in [9.17, 15) is 26.7 Å². The monoisotopic (exact) mass is 488 g/mol. The highest BCUT2D eigenvalue weighted by Crippen LogP contribution is 2.52. The van der Waals surface area contributed by atoms with E-state index in [-0.39, 0.29) is 28.7 Å². The van der Waals surface area contributed by atoms with Gasteiger partial charge in [0.25, 0.3) is 0 Å². The lowest BCUT2D eigenvalue weighted by molar-refractivity contribution is 0.0461. The van der Waals surface area contributed by atoms with Crippen LogP contribution in [0.15, 0.2) is 36.7 Å². The van der Waals surface area contributed by atoms with Crippen LogP contribution < -0.4 is 0 Å². The summed E-state index contributed by atoms with van der Waals surface area (Å²) in [6, 6.07) is 4.82. The zero-order valence-corrected chi connectivity index (χ0v) is 16.8. The molecule has 1 fully saturated rings. The van der Waals surface area contributed by atoms with Crippen LogP contribution in [0.3, 0.4) is 0 Å². The highest BCUT2D eigenvalue weighted by atomic mass is 79.9. The largest absolute Gasteiger partial charge is 0.442 e. The van der Waals surface area contributed by atoms with Gasteiger partial charge in [0.1, 0.15) is 17.2 Å². The number of aromatic nitrogens is 2. The number of hydrogen-bond acceptors (Lipinski definition) is 3. The van der Waals surface area contributed by atoms with Gasteiger partial charge in [0.2, 0.25) is 6.43 Å². The van der Waals surface area contributed by atoms with Crippen LogP contribution >= 0.6 is 15.9 Å². The number of esters is 1. The quantitative estimate of drug-likeness (QED) is 0.252. The maximum absolute atomic E-state index is 14.5. The molecule has 1 saturated carbocycles. The fourth-order valence-corrected chi connectivity index (χ4v) is 3.74. The van der Waals surface area contributed by atoms with Gasteiger partial charge in [0.15, 0.2) is 10.8 Å². The number of fused-ring (bicyclic) bond motifs is 1. The molecular formula is C20H14BrF5N2O2. The van der Waals surface area contributed by atoms with Crippen molar-refractivity contribution in [2.24, 2.45) is 5.41 Å². The molecule has 0 aliphatic heterocycles. The molecule has 2 aromatic carbocycles. The summed E-state index contributed by atoms with van der Waals surface area (Å²) in [7, 11) is 0. The molecule has 158 valence electrons. The first-order valence-corrected chi connectivity index (χ1v) is 9.84. The second-order valence-corrected chi connectivity index (χ2v) is 8.08. The van der Waals surface area contributed by atoms with Crippen LogP contribution in [0.2, 0.25) is 0 Å². The Hall–Kier alpha value is -2.49. The van der Waals surface area contributed by atoms with E-state index < -0.39 is 40.3 Å². The molecule has 1 unspecified atom stereocenters. The van der Waals surface area contributed by atoms with Gasteiger partial charge in [-0.1, -0.05) is 0 Å². The van der Waals surface area contributed by atoms with Gasteiger partial charge >= 0.3 is 5.97 Å². The van der Waals surface area contributed by atoms with Crippen molar-refractivity contribution in [3.8, 4) is 0 Å². The normalized spacial score (nSPS) is 16.1. The number of imidazole rings is 1. The molecule has 0 amide bonds. The van der Waals surface area contributed by atoms with Crippen LogP contribution in [0.25, 0.3) is 11.0 Å². The molecule has 0 saturated heterocycles. The molecule has 3 aromatic rings. The van der Waals surface area contributed by atoms with Crippen molar-refractivity contribution in [1.29, 1.82) is 0 Å². The number of alkyl halides is 3. The average molecular weight is 489 g/mol. The summed E-state index contributed by atoms with van der Waals surface area (Å²) in [4.78, 5) is 16.4. The van der Waals surface area contributed by atoms with E-state index in [1.165, 1.54) is 17.0 Å². The number of carbonyl (C=O) groups is 1. The van der Waals surface area contributed by atoms with Gasteiger partial charge in [0.05, 0.1) is 17.4 Å². The van der Waals surface area contributed by atoms with Crippen molar-refractivity contribution >= 4 is 32.9 Å². The van der Waals surface area contributed by atoms with E-state index in [0.29, 0.717) is 12.8 Å². The van der Waals surface area contributed by atoms with Crippen LogP contribution in [-0.4, -0.2) is 21.9 Å². The summed E-state index contributed by atoms with van der Waals surface area (Å²) in [6.07, 6.45) is -0.582. The number of carbonyl (C=O) groups excluding carboxylic acids is 1. The second-order valence-electron chi connectivity index (χ2n) is 7.25. The lowest BCUT2D eigenvalue weighted by Crippen LogP contribution is -2.19. The minimum atomic E-state index is -2.52. The SMILES string of the molecule is O=C(OC(Br)c1cc(F)ccc1F)c1cc(F)c2ncn(CC3(C(F)F)CC3)c2c1. The van der Waals surface area contributed by atoms with Gasteiger partial charge in [-0.25, -0.2) is 31.7 Å². The maximum atomic E-state index is 14.5. The molecule has 4 nitrogen and oxygen atoms in total. The summed E-state index contributed by atoms with van der Waals surface area (Å²) in [5.41, 5.74) is -1.54. The Bertz CT molecular complexity index is 1130. The molecule has 0 spiro atoms. The van der Waals surface area contributed by atoms with Crippen molar-refractivity contribution in [1.82, 2.24) is 9.55 Å². The number of halogens is 6. The maximum Gasteiger partial charge on any atom is 0.339 e. The molecule has 10 heteroatoms. The second kappa shape index (κ2) is 7.64. The lowest BCUT2D eigenvalue weighted by atomic mass is 10.1. The van der Waals surface area contributed by atoms with Gasteiger partial charge in [-0.15, -0.1) is 0 Å². The minimum absolute atomic E-state index is 0.0608. The van der Waals surface area contributed by atoms with Crippen molar-refractivity contribution in [3.05, 3.63) is 65.2 Å². The minimum Gasteiger partial charge on any atom is -0.442 e.